The molecule has 1 rings (SSSR count). The third-order valence-corrected chi connectivity index (χ3v) is 2.73. The molecule has 0 saturated heterocycles. The molecule has 3 amide bonds. The van der Waals surface area contributed by atoms with Crippen molar-refractivity contribution in [3.8, 4) is 0 Å². The van der Waals surface area contributed by atoms with Gasteiger partial charge in [-0.1, -0.05) is 13.8 Å². The Balaban J connectivity index is 2.79. The van der Waals surface area contributed by atoms with Crippen LogP contribution < -0.4 is 16.4 Å². The number of nitrogens with one attached hydrogen (secondary N) is 2. The van der Waals surface area contributed by atoms with Crippen molar-refractivity contribution in [3.63, 3.8) is 0 Å². The minimum absolute atomic E-state index is 0.199. The van der Waals surface area contributed by atoms with E-state index in [-0.39, 0.29) is 11.6 Å². The number of primary amides is 1. The second-order valence-corrected chi connectivity index (χ2v) is 4.79. The highest BCUT2D eigenvalue weighted by Gasteiger charge is 2.30. The molecule has 0 spiro atoms. The zero-order valence-electron chi connectivity index (χ0n) is 11.5. The smallest absolute Gasteiger partial charge is 0.352 e. The van der Waals surface area contributed by atoms with Crippen LogP contribution >= 0.6 is 0 Å². The van der Waals surface area contributed by atoms with E-state index in [4.69, 9.17) is 5.73 Å². The van der Waals surface area contributed by atoms with Gasteiger partial charge in [-0.3, -0.25) is 4.79 Å². The van der Waals surface area contributed by atoms with Crippen LogP contribution in [0.25, 0.3) is 0 Å². The minimum atomic E-state index is -4.43. The van der Waals surface area contributed by atoms with Gasteiger partial charge in [0.15, 0.2) is 0 Å². The van der Waals surface area contributed by atoms with Crippen molar-refractivity contribution < 1.29 is 22.8 Å². The number of benzene rings is 1. The van der Waals surface area contributed by atoms with Gasteiger partial charge in [0.25, 0.3) is 0 Å². The van der Waals surface area contributed by atoms with Gasteiger partial charge < -0.3 is 16.4 Å². The molecular weight excluding hydrogens is 287 g/mol. The van der Waals surface area contributed by atoms with E-state index in [2.05, 4.69) is 10.6 Å². The first-order valence-corrected chi connectivity index (χ1v) is 6.15. The van der Waals surface area contributed by atoms with E-state index < -0.39 is 29.7 Å². The molecule has 0 heterocycles. The molecular formula is C13H16F3N3O2. The molecule has 0 aromatic heterocycles. The Morgan fingerprint density at radius 2 is 1.67 bits per heavy atom. The SMILES string of the molecule is CC(C)C(NC(N)=O)C(=O)Nc1ccc(C(F)(F)F)cc1. The molecule has 1 aromatic carbocycles. The van der Waals surface area contributed by atoms with Crippen LogP contribution in [-0.2, 0) is 11.0 Å². The quantitative estimate of drug-likeness (QED) is 0.797. The molecule has 0 radical (unpaired) electrons. The highest BCUT2D eigenvalue weighted by atomic mass is 19.4. The summed E-state index contributed by atoms with van der Waals surface area (Å²) in [5.74, 6) is -0.782. The summed E-state index contributed by atoms with van der Waals surface area (Å²) in [5.41, 5.74) is 4.36. The maximum Gasteiger partial charge on any atom is 0.416 e. The van der Waals surface area contributed by atoms with Crippen LogP contribution in [0.3, 0.4) is 0 Å². The van der Waals surface area contributed by atoms with Crippen molar-refractivity contribution >= 4 is 17.6 Å². The standard InChI is InChI=1S/C13H16F3N3O2/c1-7(2)10(19-12(17)21)11(20)18-9-5-3-8(4-6-9)13(14,15)16/h3-7,10H,1-2H3,(H,18,20)(H3,17,19,21). The summed E-state index contributed by atoms with van der Waals surface area (Å²) in [5, 5.41) is 4.71. The number of halogens is 3. The lowest BCUT2D eigenvalue weighted by molar-refractivity contribution is -0.137. The molecule has 5 nitrogen and oxygen atoms in total. The number of alkyl halides is 3. The number of urea groups is 1. The van der Waals surface area contributed by atoms with Gasteiger partial charge in [0.1, 0.15) is 6.04 Å². The van der Waals surface area contributed by atoms with Crippen LogP contribution in [0.5, 0.6) is 0 Å². The molecule has 0 bridgehead atoms. The largest absolute Gasteiger partial charge is 0.416 e. The average Bonchev–Trinajstić information content (AvgIpc) is 2.34. The number of anilines is 1. The number of hydrogen-bond acceptors (Lipinski definition) is 2. The second-order valence-electron chi connectivity index (χ2n) is 4.79. The molecule has 0 saturated carbocycles. The Kier molecular flexibility index (Phi) is 5.17. The van der Waals surface area contributed by atoms with Crippen LogP contribution in [0.4, 0.5) is 23.7 Å². The van der Waals surface area contributed by atoms with Gasteiger partial charge in [0, 0.05) is 5.69 Å². The van der Waals surface area contributed by atoms with E-state index in [1.54, 1.807) is 13.8 Å². The molecule has 0 aliphatic rings. The van der Waals surface area contributed by atoms with Crippen LogP contribution in [-0.4, -0.2) is 18.0 Å². The number of rotatable bonds is 4. The van der Waals surface area contributed by atoms with E-state index in [1.165, 1.54) is 0 Å². The van der Waals surface area contributed by atoms with Crippen LogP contribution in [0.15, 0.2) is 24.3 Å². The molecule has 0 fully saturated rings. The van der Waals surface area contributed by atoms with Gasteiger partial charge in [-0.05, 0) is 30.2 Å². The van der Waals surface area contributed by atoms with Crippen molar-refractivity contribution in [2.75, 3.05) is 5.32 Å². The van der Waals surface area contributed by atoms with Crippen LogP contribution in [0.1, 0.15) is 19.4 Å². The summed E-state index contributed by atoms with van der Waals surface area (Å²) >= 11 is 0. The molecule has 1 atom stereocenters. The monoisotopic (exact) mass is 303 g/mol. The number of hydrogen-bond donors (Lipinski definition) is 3. The van der Waals surface area contributed by atoms with E-state index >= 15 is 0 Å². The third kappa shape index (κ3) is 4.97. The van der Waals surface area contributed by atoms with E-state index in [0.717, 1.165) is 24.3 Å². The van der Waals surface area contributed by atoms with Crippen molar-refractivity contribution in [2.24, 2.45) is 11.7 Å². The fourth-order valence-corrected chi connectivity index (χ4v) is 1.65. The highest BCUT2D eigenvalue weighted by Crippen LogP contribution is 2.29. The van der Waals surface area contributed by atoms with E-state index in [0.29, 0.717) is 0 Å². The first-order chi connectivity index (χ1) is 9.61. The van der Waals surface area contributed by atoms with E-state index in [9.17, 15) is 22.8 Å². The predicted octanol–water partition coefficient (Wildman–Crippen LogP) is 2.34. The molecule has 21 heavy (non-hydrogen) atoms. The van der Waals surface area contributed by atoms with Crippen molar-refractivity contribution in [3.05, 3.63) is 29.8 Å². The zero-order chi connectivity index (χ0) is 16.2. The molecule has 4 N–H and O–H groups in total. The normalized spacial score (nSPS) is 12.9. The van der Waals surface area contributed by atoms with Gasteiger partial charge in [-0.25, -0.2) is 4.79 Å². The first kappa shape index (κ1) is 16.8. The highest BCUT2D eigenvalue weighted by molar-refractivity contribution is 5.97. The lowest BCUT2D eigenvalue weighted by atomic mass is 10.0. The van der Waals surface area contributed by atoms with Gasteiger partial charge in [0.2, 0.25) is 5.91 Å². The average molecular weight is 303 g/mol. The summed E-state index contributed by atoms with van der Waals surface area (Å²) in [6, 6.07) is 2.29. The Hall–Kier alpha value is -2.25. The summed E-state index contributed by atoms with van der Waals surface area (Å²) in [7, 11) is 0. The summed E-state index contributed by atoms with van der Waals surface area (Å²) in [6.45, 7) is 3.40. The van der Waals surface area contributed by atoms with Gasteiger partial charge >= 0.3 is 12.2 Å². The van der Waals surface area contributed by atoms with Crippen LogP contribution in [0.2, 0.25) is 0 Å². The number of carbonyl (C=O) groups excluding carboxylic acids is 2. The predicted molar refractivity (Wildman–Crippen MR) is 71.4 cm³/mol. The third-order valence-electron chi connectivity index (χ3n) is 2.73. The fraction of sp³-hybridized carbons (Fsp3) is 0.385. The lowest BCUT2D eigenvalue weighted by Gasteiger charge is -2.20. The zero-order valence-corrected chi connectivity index (χ0v) is 11.5. The van der Waals surface area contributed by atoms with Gasteiger partial charge in [-0.15, -0.1) is 0 Å². The topological polar surface area (TPSA) is 84.2 Å². The maximum absolute atomic E-state index is 12.4. The van der Waals surface area contributed by atoms with Crippen molar-refractivity contribution in [1.29, 1.82) is 0 Å². The minimum Gasteiger partial charge on any atom is -0.352 e. The summed E-state index contributed by atoms with van der Waals surface area (Å²) in [6.07, 6.45) is -4.43. The number of amides is 3. The maximum atomic E-state index is 12.4. The molecule has 0 aliphatic carbocycles. The van der Waals surface area contributed by atoms with Gasteiger partial charge in [0.05, 0.1) is 5.56 Å². The molecule has 116 valence electrons. The number of nitrogens with two attached hydrogens (primary N) is 1. The Morgan fingerprint density at radius 3 is 2.05 bits per heavy atom. The van der Waals surface area contributed by atoms with Crippen LogP contribution in [0, 0.1) is 5.92 Å². The molecule has 0 aliphatic heterocycles. The fourth-order valence-electron chi connectivity index (χ4n) is 1.65. The van der Waals surface area contributed by atoms with Crippen molar-refractivity contribution in [2.45, 2.75) is 26.1 Å². The first-order valence-electron chi connectivity index (χ1n) is 6.15. The molecule has 1 unspecified atom stereocenters. The van der Waals surface area contributed by atoms with Gasteiger partial charge in [-0.2, -0.15) is 13.2 Å². The van der Waals surface area contributed by atoms with E-state index in [1.807, 2.05) is 0 Å². The molecule has 1 aromatic rings. The Labute approximate surface area is 119 Å². The Bertz CT molecular complexity index is 512. The lowest BCUT2D eigenvalue weighted by Crippen LogP contribution is -2.49. The second kappa shape index (κ2) is 6.47. The van der Waals surface area contributed by atoms with Crippen molar-refractivity contribution in [1.82, 2.24) is 5.32 Å². The Morgan fingerprint density at radius 1 is 1.14 bits per heavy atom. The summed E-state index contributed by atoms with van der Waals surface area (Å²) in [4.78, 5) is 22.8. The molecule has 8 heteroatoms. The number of carbonyl (C=O) groups is 2. The summed E-state index contributed by atoms with van der Waals surface area (Å²) < 4.78 is 37.2.